The average molecular weight is 267 g/mol. The van der Waals surface area contributed by atoms with E-state index in [-0.39, 0.29) is 18.2 Å². The first-order valence-electron chi connectivity index (χ1n) is 6.23. The fraction of sp³-hybridized carbons (Fsp3) is 0.583. The minimum atomic E-state index is -0.822. The third-order valence-electron chi connectivity index (χ3n) is 3.04. The molecule has 2 N–H and O–H groups in total. The number of nitrogens with zero attached hydrogens (tertiary/aromatic N) is 2. The average Bonchev–Trinajstić information content (AvgIpc) is 2.36. The molecule has 7 heteroatoms. The highest BCUT2D eigenvalue weighted by Gasteiger charge is 2.21. The van der Waals surface area contributed by atoms with E-state index in [1.165, 1.54) is 12.4 Å². The third-order valence-corrected chi connectivity index (χ3v) is 3.04. The van der Waals surface area contributed by atoms with Crippen molar-refractivity contribution in [3.63, 3.8) is 0 Å². The van der Waals surface area contributed by atoms with Gasteiger partial charge in [0.1, 0.15) is 0 Å². The Morgan fingerprint density at radius 3 is 3.21 bits per heavy atom. The van der Waals surface area contributed by atoms with Crippen LogP contribution in [0.2, 0.25) is 0 Å². The second-order valence-electron chi connectivity index (χ2n) is 4.56. The summed E-state index contributed by atoms with van der Waals surface area (Å²) in [5.41, 5.74) is 0.560. The number of aromatic amines is 1. The van der Waals surface area contributed by atoms with Gasteiger partial charge in [-0.2, -0.15) is 0 Å². The zero-order valence-electron chi connectivity index (χ0n) is 10.5. The Bertz CT molecular complexity index is 488. The summed E-state index contributed by atoms with van der Waals surface area (Å²) >= 11 is 0. The topological polar surface area (TPSA) is 95.5 Å². The van der Waals surface area contributed by atoms with Gasteiger partial charge in [0.15, 0.2) is 0 Å². The van der Waals surface area contributed by atoms with E-state index in [2.05, 4.69) is 9.97 Å². The molecule has 104 valence electrons. The molecule has 19 heavy (non-hydrogen) atoms. The van der Waals surface area contributed by atoms with Crippen LogP contribution in [-0.2, 0) is 16.0 Å². The molecule has 0 radical (unpaired) electrons. The fourth-order valence-corrected chi connectivity index (χ4v) is 2.14. The number of ether oxygens (including phenoxy) is 1. The minimum absolute atomic E-state index is 0.00538. The summed E-state index contributed by atoms with van der Waals surface area (Å²) in [4.78, 5) is 30.2. The van der Waals surface area contributed by atoms with E-state index in [9.17, 15) is 9.59 Å². The maximum atomic E-state index is 11.1. The van der Waals surface area contributed by atoms with Crippen molar-refractivity contribution in [3.8, 4) is 0 Å². The molecule has 0 unspecified atom stereocenters. The Labute approximate surface area is 110 Å². The van der Waals surface area contributed by atoms with Gasteiger partial charge in [0.25, 0.3) is 5.56 Å². The molecule has 0 aliphatic carbocycles. The van der Waals surface area contributed by atoms with Gasteiger partial charge in [-0.05, 0) is 12.8 Å². The van der Waals surface area contributed by atoms with Crippen molar-refractivity contribution in [2.75, 3.05) is 26.2 Å². The number of rotatable bonds is 5. The molecule has 1 aromatic heterocycles. The van der Waals surface area contributed by atoms with E-state index in [1.54, 1.807) is 0 Å². The Morgan fingerprint density at radius 1 is 1.63 bits per heavy atom. The lowest BCUT2D eigenvalue weighted by Crippen LogP contribution is -2.44. The van der Waals surface area contributed by atoms with Gasteiger partial charge in [-0.15, -0.1) is 0 Å². The number of aromatic nitrogens is 2. The van der Waals surface area contributed by atoms with Crippen LogP contribution in [0.4, 0.5) is 0 Å². The number of carbonyl (C=O) groups is 1. The van der Waals surface area contributed by atoms with Crippen LogP contribution in [0.25, 0.3) is 0 Å². The monoisotopic (exact) mass is 267 g/mol. The molecular weight excluding hydrogens is 250 g/mol. The van der Waals surface area contributed by atoms with E-state index in [4.69, 9.17) is 9.84 Å². The molecule has 2 heterocycles. The number of nitrogens with one attached hydrogen (secondary N) is 1. The zero-order valence-corrected chi connectivity index (χ0v) is 10.5. The third kappa shape index (κ3) is 4.46. The number of morpholine rings is 1. The molecule has 7 nitrogen and oxygen atoms in total. The van der Waals surface area contributed by atoms with Crippen LogP contribution in [0.15, 0.2) is 17.2 Å². The van der Waals surface area contributed by atoms with E-state index in [0.29, 0.717) is 26.1 Å². The number of H-pyrrole nitrogens is 1. The first-order valence-corrected chi connectivity index (χ1v) is 6.23. The quantitative estimate of drug-likeness (QED) is 0.746. The van der Waals surface area contributed by atoms with Gasteiger partial charge in [-0.25, -0.2) is 4.98 Å². The molecule has 1 aliphatic rings. The van der Waals surface area contributed by atoms with Crippen molar-refractivity contribution in [1.82, 2.24) is 14.9 Å². The standard InChI is InChI=1S/C12H17N3O4/c16-11-5-9(13-8-14-11)1-2-10-6-15(3-4-19-10)7-12(17)18/h5,8,10H,1-4,6-7H2,(H,17,18)(H,13,14,16)/t10-/m0/s1. The van der Waals surface area contributed by atoms with Crippen LogP contribution < -0.4 is 5.56 Å². The largest absolute Gasteiger partial charge is 0.480 e. The molecule has 1 aliphatic heterocycles. The van der Waals surface area contributed by atoms with Crippen LogP contribution in [0, 0.1) is 0 Å². The predicted molar refractivity (Wildman–Crippen MR) is 67.0 cm³/mol. The number of carboxylic acids is 1. The summed E-state index contributed by atoms with van der Waals surface area (Å²) in [6, 6.07) is 1.47. The van der Waals surface area contributed by atoms with Crippen molar-refractivity contribution in [3.05, 3.63) is 28.4 Å². The van der Waals surface area contributed by atoms with Crippen LogP contribution in [0.5, 0.6) is 0 Å². The number of carboxylic acid groups (broad SMARTS) is 1. The summed E-state index contributed by atoms with van der Waals surface area (Å²) in [5.74, 6) is -0.822. The maximum Gasteiger partial charge on any atom is 0.317 e. The lowest BCUT2D eigenvalue weighted by molar-refractivity contribution is -0.140. The van der Waals surface area contributed by atoms with Gasteiger partial charge in [-0.3, -0.25) is 14.5 Å². The SMILES string of the molecule is O=C(O)CN1CCO[C@@H](CCc2cc(=O)[nH]cn2)C1. The smallest absolute Gasteiger partial charge is 0.317 e. The van der Waals surface area contributed by atoms with Crippen LogP contribution in [0.1, 0.15) is 12.1 Å². The van der Waals surface area contributed by atoms with Gasteiger partial charge in [0, 0.05) is 24.8 Å². The van der Waals surface area contributed by atoms with Crippen LogP contribution >= 0.6 is 0 Å². The van der Waals surface area contributed by atoms with E-state index in [0.717, 1.165) is 12.1 Å². The molecule has 0 aromatic carbocycles. The van der Waals surface area contributed by atoms with Crippen molar-refractivity contribution in [2.24, 2.45) is 0 Å². The highest BCUT2D eigenvalue weighted by molar-refractivity contribution is 5.69. The van der Waals surface area contributed by atoms with Gasteiger partial charge in [-0.1, -0.05) is 0 Å². The molecule has 0 saturated carbocycles. The highest BCUT2D eigenvalue weighted by Crippen LogP contribution is 2.10. The molecule has 1 aromatic rings. The molecule has 0 bridgehead atoms. The van der Waals surface area contributed by atoms with Gasteiger partial charge >= 0.3 is 5.97 Å². The van der Waals surface area contributed by atoms with E-state index < -0.39 is 5.97 Å². The van der Waals surface area contributed by atoms with Gasteiger partial charge in [0.2, 0.25) is 0 Å². The molecule has 1 fully saturated rings. The number of hydrogen-bond donors (Lipinski definition) is 2. The van der Waals surface area contributed by atoms with Crippen LogP contribution in [-0.4, -0.2) is 58.3 Å². The second-order valence-corrected chi connectivity index (χ2v) is 4.56. The Kier molecular flexibility index (Phi) is 4.64. The maximum absolute atomic E-state index is 11.1. The van der Waals surface area contributed by atoms with Crippen molar-refractivity contribution >= 4 is 5.97 Å². The molecule has 1 atom stereocenters. The second kappa shape index (κ2) is 6.44. The molecule has 2 rings (SSSR count). The minimum Gasteiger partial charge on any atom is -0.480 e. The molecule has 1 saturated heterocycles. The lowest BCUT2D eigenvalue weighted by atomic mass is 10.1. The first kappa shape index (κ1) is 13.7. The van der Waals surface area contributed by atoms with E-state index >= 15 is 0 Å². The van der Waals surface area contributed by atoms with E-state index in [1.807, 2.05) is 4.90 Å². The summed E-state index contributed by atoms with van der Waals surface area (Å²) in [6.07, 6.45) is 2.76. The lowest BCUT2D eigenvalue weighted by Gasteiger charge is -2.31. The van der Waals surface area contributed by atoms with Crippen molar-refractivity contribution in [2.45, 2.75) is 18.9 Å². The first-order chi connectivity index (χ1) is 9.13. The molecule has 0 amide bonds. The van der Waals surface area contributed by atoms with Gasteiger partial charge in [0.05, 0.1) is 25.6 Å². The highest BCUT2D eigenvalue weighted by atomic mass is 16.5. The number of aliphatic carboxylic acids is 1. The predicted octanol–water partition coefficient (Wildman–Crippen LogP) is -0.512. The molecule has 0 spiro atoms. The Morgan fingerprint density at radius 2 is 2.47 bits per heavy atom. The normalized spacial score (nSPS) is 20.3. The van der Waals surface area contributed by atoms with Gasteiger partial charge < -0.3 is 14.8 Å². The summed E-state index contributed by atoms with van der Waals surface area (Å²) in [6.45, 7) is 1.84. The Hall–Kier alpha value is -1.73. The number of aryl methyl sites for hydroxylation is 1. The zero-order chi connectivity index (χ0) is 13.7. The number of hydrogen-bond acceptors (Lipinski definition) is 5. The van der Waals surface area contributed by atoms with Crippen molar-refractivity contribution in [1.29, 1.82) is 0 Å². The van der Waals surface area contributed by atoms with Crippen molar-refractivity contribution < 1.29 is 14.6 Å². The Balaban J connectivity index is 1.82. The fourth-order valence-electron chi connectivity index (χ4n) is 2.14. The summed E-state index contributed by atoms with van der Waals surface area (Å²) < 4.78 is 5.59. The summed E-state index contributed by atoms with van der Waals surface area (Å²) in [5, 5.41) is 8.76. The molecular formula is C12H17N3O4. The summed E-state index contributed by atoms with van der Waals surface area (Å²) in [7, 11) is 0. The van der Waals surface area contributed by atoms with Crippen LogP contribution in [0.3, 0.4) is 0 Å².